The molecule has 6 aromatic carbocycles. The minimum atomic E-state index is -5.02. The van der Waals surface area contributed by atoms with Crippen LogP contribution in [0.2, 0.25) is 0 Å². The zero-order chi connectivity index (χ0) is 41.4. The Labute approximate surface area is 329 Å². The molecule has 0 aromatic heterocycles. The van der Waals surface area contributed by atoms with Gasteiger partial charge in [0.15, 0.2) is 11.6 Å². The Kier molecular flexibility index (Phi) is 11.8. The van der Waals surface area contributed by atoms with Crippen molar-refractivity contribution in [1.82, 2.24) is 0 Å². The van der Waals surface area contributed by atoms with Crippen LogP contribution in [0.3, 0.4) is 0 Å². The number of rotatable bonds is 14. The Morgan fingerprint density at radius 1 is 0.526 bits per heavy atom. The molecule has 0 bridgehead atoms. The van der Waals surface area contributed by atoms with Gasteiger partial charge in [0.2, 0.25) is 9.84 Å². The second-order valence-electron chi connectivity index (χ2n) is 11.6. The van der Waals surface area contributed by atoms with Crippen LogP contribution in [0.5, 0.6) is 11.5 Å². The maximum Gasteiger partial charge on any atom is 0.295 e. The number of benzene rings is 6. The Bertz CT molecular complexity index is 2970. The fourth-order valence-corrected chi connectivity index (χ4v) is 9.61. The Balaban J connectivity index is 1.51. The quantitative estimate of drug-likeness (QED) is 0.0239. The van der Waals surface area contributed by atoms with Gasteiger partial charge in [0.25, 0.3) is 20.2 Å². The van der Waals surface area contributed by atoms with Crippen molar-refractivity contribution in [2.24, 2.45) is 0 Å². The fourth-order valence-electron chi connectivity index (χ4n) is 5.78. The average molecular weight is 879 g/mol. The Morgan fingerprint density at radius 3 is 1.60 bits per heavy atom. The first kappa shape index (κ1) is 41.6. The van der Waals surface area contributed by atoms with Gasteiger partial charge in [-0.2, -0.15) is 16.8 Å². The Morgan fingerprint density at radius 2 is 1.05 bits per heavy atom. The summed E-state index contributed by atoms with van der Waals surface area (Å²) in [7, 11) is -14.8. The molecule has 6 aromatic rings. The minimum absolute atomic E-state index is 0.00982. The van der Waals surface area contributed by atoms with Crippen molar-refractivity contribution >= 4 is 87.3 Å². The third-order valence-electron chi connectivity index (χ3n) is 8.18. The predicted octanol–water partition coefficient (Wildman–Crippen LogP) is 6.05. The summed E-state index contributed by atoms with van der Waals surface area (Å²) in [5.41, 5.74) is -2.20. The van der Waals surface area contributed by atoms with Gasteiger partial charge in [-0.25, -0.2) is 18.9 Å². The molecule has 57 heavy (non-hydrogen) atoms. The van der Waals surface area contributed by atoms with E-state index in [0.717, 1.165) is 72.8 Å². The lowest BCUT2D eigenvalue weighted by atomic mass is 9.99. The van der Waals surface area contributed by atoms with Gasteiger partial charge in [-0.1, -0.05) is 22.2 Å². The van der Waals surface area contributed by atoms with Crippen LogP contribution in [0, 0.1) is 0 Å². The van der Waals surface area contributed by atoms with Crippen molar-refractivity contribution in [3.63, 3.8) is 0 Å². The van der Waals surface area contributed by atoms with Crippen LogP contribution < -0.4 is 0 Å². The number of phenolic OH excluding ortho intramolecular Hbond substituents is 2. The first-order valence-electron chi connectivity index (χ1n) is 15.2. The topological polar surface area (TPSA) is 295 Å². The molecule has 0 aliphatic carbocycles. The molecule has 0 heterocycles. The first-order valence-corrected chi connectivity index (χ1v) is 21.1. The lowest BCUT2D eigenvalue weighted by molar-refractivity contribution is -0.432. The number of sulfone groups is 1. The lowest BCUT2D eigenvalue weighted by Gasteiger charge is -2.15. The van der Waals surface area contributed by atoms with E-state index in [-0.39, 0.29) is 36.9 Å². The van der Waals surface area contributed by atoms with Crippen molar-refractivity contribution in [3.05, 3.63) is 119 Å². The molecular formula is C34H22O18S5. The standard InChI is InChI=1S/C34H22O18S5/c35-21-1-7-30(27(15-21)33(37)19-10-18-12-24(56(43,44)45)4-6-25(18)29(13-19)54-52-50-40)55(41,42)31-8-2-22(36)16-28(31)34(38)20-9-17-11-23(53-51-49-39)3-5-26(17)32(14-20)57(46,47)48/h1-16,35-36,39-40H,(H,43,44,45)(H,46,47,48). The van der Waals surface area contributed by atoms with Crippen molar-refractivity contribution in [2.45, 2.75) is 29.4 Å². The van der Waals surface area contributed by atoms with Crippen LogP contribution in [0.1, 0.15) is 31.8 Å². The highest BCUT2D eigenvalue weighted by Crippen LogP contribution is 2.37. The highest BCUT2D eigenvalue weighted by molar-refractivity contribution is 7.95. The summed E-state index contributed by atoms with van der Waals surface area (Å²) >= 11 is 0.859. The summed E-state index contributed by atoms with van der Waals surface area (Å²) < 4.78 is 106. The summed E-state index contributed by atoms with van der Waals surface area (Å²) in [4.78, 5) is 25.7. The molecule has 296 valence electrons. The van der Waals surface area contributed by atoms with Gasteiger partial charge < -0.3 is 10.2 Å². The van der Waals surface area contributed by atoms with E-state index in [1.54, 1.807) is 0 Å². The zero-order valence-corrected chi connectivity index (χ0v) is 31.9. The molecule has 0 saturated heterocycles. The predicted molar refractivity (Wildman–Crippen MR) is 197 cm³/mol. The van der Waals surface area contributed by atoms with E-state index in [1.807, 2.05) is 0 Å². The number of hydrogen-bond donors (Lipinski definition) is 6. The largest absolute Gasteiger partial charge is 0.508 e. The normalized spacial score (nSPS) is 12.3. The van der Waals surface area contributed by atoms with E-state index < -0.39 is 89.4 Å². The zero-order valence-electron chi connectivity index (χ0n) is 27.9. The maximum atomic E-state index is 14.5. The van der Waals surface area contributed by atoms with Crippen LogP contribution in [0.15, 0.2) is 126 Å². The molecule has 0 radical (unpaired) electrons. The monoisotopic (exact) mass is 878 g/mol. The summed E-state index contributed by atoms with van der Waals surface area (Å²) in [6.07, 6.45) is 0. The highest BCUT2D eigenvalue weighted by atomic mass is 32.2. The van der Waals surface area contributed by atoms with Gasteiger partial charge in [-0.15, -0.1) is 8.67 Å². The van der Waals surface area contributed by atoms with Crippen LogP contribution in [-0.4, -0.2) is 66.7 Å². The van der Waals surface area contributed by atoms with Crippen LogP contribution in [0.4, 0.5) is 0 Å². The second-order valence-corrected chi connectivity index (χ2v) is 17.9. The van der Waals surface area contributed by atoms with Crippen LogP contribution in [-0.2, 0) is 48.8 Å². The van der Waals surface area contributed by atoms with E-state index in [4.69, 9.17) is 10.5 Å². The van der Waals surface area contributed by atoms with Gasteiger partial charge in [-0.05, 0) is 101 Å². The van der Waals surface area contributed by atoms with Gasteiger partial charge in [0.05, 0.1) is 38.8 Å². The third-order valence-corrected chi connectivity index (χ3v) is 13.0. The summed E-state index contributed by atoms with van der Waals surface area (Å²) in [6, 6.07) is 16.5. The number of phenols is 2. The summed E-state index contributed by atoms with van der Waals surface area (Å²) in [6.45, 7) is 0. The molecule has 23 heteroatoms. The molecule has 6 N–H and O–H groups in total. The molecule has 18 nitrogen and oxygen atoms in total. The maximum absolute atomic E-state index is 14.5. The molecule has 0 aliphatic rings. The van der Waals surface area contributed by atoms with Crippen molar-refractivity contribution in [1.29, 1.82) is 0 Å². The summed E-state index contributed by atoms with van der Waals surface area (Å²) in [5.74, 6) is -3.44. The molecular weight excluding hydrogens is 857 g/mol. The minimum Gasteiger partial charge on any atom is -0.508 e. The van der Waals surface area contributed by atoms with E-state index in [1.165, 1.54) is 24.3 Å². The second kappa shape index (κ2) is 16.1. The first-order chi connectivity index (χ1) is 26.8. The molecule has 0 saturated carbocycles. The van der Waals surface area contributed by atoms with Gasteiger partial charge >= 0.3 is 0 Å². The van der Waals surface area contributed by atoms with Crippen molar-refractivity contribution in [3.8, 4) is 11.5 Å². The van der Waals surface area contributed by atoms with Crippen LogP contribution in [0.25, 0.3) is 21.5 Å². The number of aromatic hydroxyl groups is 2. The molecule has 0 unspecified atom stereocenters. The SMILES string of the molecule is O=C(c1cc(SOOO)c2ccc(S(=O)(=O)O)cc2c1)c1cc(O)ccc1S(=O)(=O)c1ccc(O)cc1C(=O)c1cc(S(=O)(=O)O)c2ccc(SOOO)cc2c1. The van der Waals surface area contributed by atoms with E-state index >= 15 is 0 Å². The van der Waals surface area contributed by atoms with Crippen molar-refractivity contribution in [2.75, 3.05) is 0 Å². The highest BCUT2D eigenvalue weighted by Gasteiger charge is 2.31. The molecule has 0 amide bonds. The Hall–Kier alpha value is -4.99. The van der Waals surface area contributed by atoms with Crippen LogP contribution >= 0.6 is 24.1 Å². The molecule has 0 aliphatic heterocycles. The number of fused-ring (bicyclic) bond motifs is 2. The van der Waals surface area contributed by atoms with Gasteiger partial charge in [0, 0.05) is 37.4 Å². The van der Waals surface area contributed by atoms with Crippen molar-refractivity contribution < 1.29 is 83.4 Å². The smallest absolute Gasteiger partial charge is 0.295 e. The van der Waals surface area contributed by atoms with E-state index in [2.05, 4.69) is 18.7 Å². The van der Waals surface area contributed by atoms with Gasteiger partial charge in [-0.3, -0.25) is 18.7 Å². The lowest BCUT2D eigenvalue weighted by Crippen LogP contribution is -2.15. The molecule has 0 atom stereocenters. The van der Waals surface area contributed by atoms with E-state index in [9.17, 15) is 54.2 Å². The molecule has 6 rings (SSSR count). The summed E-state index contributed by atoms with van der Waals surface area (Å²) in [5, 5.41) is 45.5. The number of hydrogen-bond acceptors (Lipinski definition) is 18. The fraction of sp³-hybridized carbons (Fsp3) is 0. The number of carbonyl (C=O) groups is 2. The average Bonchev–Trinajstić information content (AvgIpc) is 3.16. The number of carbonyl (C=O) groups excluding carboxylic acids is 2. The third kappa shape index (κ3) is 8.65. The number of ketones is 2. The van der Waals surface area contributed by atoms with Gasteiger partial charge in [0.1, 0.15) is 16.4 Å². The molecule has 0 spiro atoms. The van der Waals surface area contributed by atoms with E-state index in [0.29, 0.717) is 24.1 Å². The molecule has 0 fully saturated rings.